The number of hydrogen-bond donors (Lipinski definition) is 4. The molecule has 0 rings (SSSR count). The van der Waals surface area contributed by atoms with Crippen LogP contribution in [-0.2, 0) is 20.1 Å². The number of sulfonamides is 1. The first-order chi connectivity index (χ1) is 7.73. The molecule has 8 nitrogen and oxygen atoms in total. The van der Waals surface area contributed by atoms with Crippen molar-refractivity contribution in [2.75, 3.05) is 25.4 Å². The summed E-state index contributed by atoms with van der Waals surface area (Å²) in [5, 5.41) is 9.65. The first-order valence-corrected chi connectivity index (χ1v) is 8.16. The Kier molecular flexibility index (Phi) is 7.13. The normalized spacial score (nSPS) is 14.8. The molecule has 0 amide bonds. The molecule has 0 fully saturated rings. The van der Waals surface area contributed by atoms with Gasteiger partial charge in [0.25, 0.3) is 10.1 Å². The van der Waals surface area contributed by atoms with Crippen molar-refractivity contribution < 1.29 is 26.5 Å². The van der Waals surface area contributed by atoms with Gasteiger partial charge in [-0.25, -0.2) is 8.42 Å². The first-order valence-electron chi connectivity index (χ1n) is 5.01. The Bertz CT molecular complexity index is 404. The SMILES string of the molecule is CCNCCCS(=O)(=O)NC(CO)S(=O)(=O)O. The number of hydrogen-bond acceptors (Lipinski definition) is 6. The van der Waals surface area contributed by atoms with E-state index >= 15 is 0 Å². The van der Waals surface area contributed by atoms with Gasteiger partial charge in [-0.2, -0.15) is 13.1 Å². The van der Waals surface area contributed by atoms with E-state index in [2.05, 4.69) is 5.32 Å². The molecule has 4 N–H and O–H groups in total. The second-order valence-corrected chi connectivity index (χ2v) is 6.80. The summed E-state index contributed by atoms with van der Waals surface area (Å²) in [5.74, 6) is -0.286. The van der Waals surface area contributed by atoms with Gasteiger partial charge < -0.3 is 10.4 Å². The average Bonchev–Trinajstić information content (AvgIpc) is 2.19. The minimum atomic E-state index is -4.64. The monoisotopic (exact) mass is 290 g/mol. The molecule has 0 radical (unpaired) electrons. The highest BCUT2D eigenvalue weighted by molar-refractivity contribution is 7.91. The summed E-state index contributed by atoms with van der Waals surface area (Å²) in [7, 11) is -8.49. The first kappa shape index (κ1) is 16.7. The second kappa shape index (κ2) is 7.24. The minimum Gasteiger partial charge on any atom is -0.394 e. The molecule has 1 unspecified atom stereocenters. The van der Waals surface area contributed by atoms with Gasteiger partial charge in [0, 0.05) is 0 Å². The van der Waals surface area contributed by atoms with Crippen LogP contribution in [0.5, 0.6) is 0 Å². The molecule has 10 heteroatoms. The van der Waals surface area contributed by atoms with Crippen LogP contribution in [0.3, 0.4) is 0 Å². The molecule has 104 valence electrons. The molecule has 0 saturated heterocycles. The van der Waals surface area contributed by atoms with Crippen LogP contribution >= 0.6 is 0 Å². The third kappa shape index (κ3) is 7.63. The maximum absolute atomic E-state index is 11.4. The van der Waals surface area contributed by atoms with E-state index < -0.39 is 32.1 Å². The molecule has 1 atom stereocenters. The van der Waals surface area contributed by atoms with E-state index in [0.717, 1.165) is 0 Å². The lowest BCUT2D eigenvalue weighted by molar-refractivity contribution is 0.278. The molecule has 0 bridgehead atoms. The zero-order chi connectivity index (χ0) is 13.5. The molecular formula is C7H18N2O6S2. The lowest BCUT2D eigenvalue weighted by Gasteiger charge is -2.13. The van der Waals surface area contributed by atoms with Crippen molar-refractivity contribution in [1.29, 1.82) is 0 Å². The maximum atomic E-state index is 11.4. The Balaban J connectivity index is 4.34. The molecule has 0 heterocycles. The van der Waals surface area contributed by atoms with E-state index in [1.807, 2.05) is 6.92 Å². The highest BCUT2D eigenvalue weighted by Gasteiger charge is 2.27. The molecule has 0 aliphatic rings. The standard InChI is InChI=1S/C7H18N2O6S2/c1-2-8-4-3-5-16(11,12)9-7(6-10)17(13,14)15/h7-10H,2-6H2,1H3,(H,13,14,15). The quantitative estimate of drug-likeness (QED) is 0.288. The van der Waals surface area contributed by atoms with E-state index in [4.69, 9.17) is 9.66 Å². The van der Waals surface area contributed by atoms with Crippen molar-refractivity contribution in [2.24, 2.45) is 0 Å². The zero-order valence-corrected chi connectivity index (χ0v) is 11.1. The fourth-order valence-corrected chi connectivity index (χ4v) is 3.25. The van der Waals surface area contributed by atoms with Crippen LogP contribution in [0.4, 0.5) is 0 Å². The lowest BCUT2D eigenvalue weighted by atomic mass is 10.5. The van der Waals surface area contributed by atoms with Gasteiger partial charge in [0.1, 0.15) is 0 Å². The van der Waals surface area contributed by atoms with Crippen LogP contribution in [-0.4, -0.2) is 57.3 Å². The molecule has 0 aromatic carbocycles. The largest absolute Gasteiger partial charge is 0.394 e. The van der Waals surface area contributed by atoms with Crippen molar-refractivity contribution in [3.63, 3.8) is 0 Å². The lowest BCUT2D eigenvalue weighted by Crippen LogP contribution is -2.44. The van der Waals surface area contributed by atoms with E-state index in [9.17, 15) is 16.8 Å². The Hall–Kier alpha value is -0.260. The third-order valence-corrected chi connectivity index (χ3v) is 4.46. The smallest absolute Gasteiger partial charge is 0.284 e. The van der Waals surface area contributed by atoms with Gasteiger partial charge in [-0.3, -0.25) is 4.55 Å². The highest BCUT2D eigenvalue weighted by atomic mass is 32.2. The van der Waals surface area contributed by atoms with Crippen LogP contribution in [0.25, 0.3) is 0 Å². The van der Waals surface area contributed by atoms with Crippen molar-refractivity contribution >= 4 is 20.1 Å². The molecule has 0 saturated carbocycles. The van der Waals surface area contributed by atoms with Gasteiger partial charge in [-0.1, -0.05) is 6.92 Å². The van der Waals surface area contributed by atoms with Crippen molar-refractivity contribution in [1.82, 2.24) is 10.0 Å². The summed E-state index contributed by atoms with van der Waals surface area (Å²) in [6, 6.07) is 0. The molecule has 0 spiro atoms. The minimum absolute atomic E-state index is 0.286. The van der Waals surface area contributed by atoms with Crippen LogP contribution < -0.4 is 10.0 Å². The number of nitrogens with one attached hydrogen (secondary N) is 2. The second-order valence-electron chi connectivity index (χ2n) is 3.33. The summed E-state index contributed by atoms with van der Waals surface area (Å²) in [5.41, 5.74) is 0. The van der Waals surface area contributed by atoms with Gasteiger partial charge in [-0.15, -0.1) is 0 Å². The Morgan fingerprint density at radius 3 is 2.24 bits per heavy atom. The Morgan fingerprint density at radius 1 is 1.24 bits per heavy atom. The Labute approximate surface area is 101 Å². The van der Waals surface area contributed by atoms with Crippen LogP contribution in [0, 0.1) is 0 Å². The third-order valence-electron chi connectivity index (χ3n) is 1.85. The molecule has 0 aliphatic heterocycles. The van der Waals surface area contributed by atoms with Crippen molar-refractivity contribution in [2.45, 2.75) is 18.7 Å². The molecular weight excluding hydrogens is 272 g/mol. The predicted molar refractivity (Wildman–Crippen MR) is 62.5 cm³/mol. The Morgan fingerprint density at radius 2 is 1.82 bits per heavy atom. The summed E-state index contributed by atoms with van der Waals surface area (Å²) in [4.78, 5) is 0. The van der Waals surface area contributed by atoms with Gasteiger partial charge >= 0.3 is 0 Å². The summed E-state index contributed by atoms with van der Waals surface area (Å²) in [6.45, 7) is 2.03. The predicted octanol–water partition coefficient (Wildman–Crippen LogP) is -1.89. The summed E-state index contributed by atoms with van der Waals surface area (Å²) < 4.78 is 54.5. The van der Waals surface area contributed by atoms with Crippen LogP contribution in [0.1, 0.15) is 13.3 Å². The topological polar surface area (TPSA) is 133 Å². The van der Waals surface area contributed by atoms with Crippen molar-refractivity contribution in [3.8, 4) is 0 Å². The molecule has 17 heavy (non-hydrogen) atoms. The van der Waals surface area contributed by atoms with E-state index in [1.54, 1.807) is 4.72 Å². The average molecular weight is 290 g/mol. The fraction of sp³-hybridized carbons (Fsp3) is 1.00. The van der Waals surface area contributed by atoms with E-state index in [-0.39, 0.29) is 5.75 Å². The number of rotatable bonds is 9. The van der Waals surface area contributed by atoms with Crippen molar-refractivity contribution in [3.05, 3.63) is 0 Å². The van der Waals surface area contributed by atoms with Crippen LogP contribution in [0.2, 0.25) is 0 Å². The maximum Gasteiger partial charge on any atom is 0.284 e. The number of aliphatic hydroxyl groups is 1. The van der Waals surface area contributed by atoms with Gasteiger partial charge in [0.15, 0.2) is 5.37 Å². The molecule has 0 aromatic rings. The summed E-state index contributed by atoms with van der Waals surface area (Å²) >= 11 is 0. The molecule has 0 aromatic heterocycles. The molecule has 0 aliphatic carbocycles. The van der Waals surface area contributed by atoms with Crippen LogP contribution in [0.15, 0.2) is 0 Å². The fourth-order valence-electron chi connectivity index (χ4n) is 1.02. The van der Waals surface area contributed by atoms with E-state index in [1.165, 1.54) is 0 Å². The van der Waals surface area contributed by atoms with Gasteiger partial charge in [-0.05, 0) is 19.5 Å². The van der Waals surface area contributed by atoms with Gasteiger partial charge in [0.2, 0.25) is 10.0 Å². The highest BCUT2D eigenvalue weighted by Crippen LogP contribution is 1.98. The zero-order valence-electron chi connectivity index (χ0n) is 9.46. The number of aliphatic hydroxyl groups excluding tert-OH is 1. The summed E-state index contributed by atoms with van der Waals surface area (Å²) in [6.07, 6.45) is 0.298. The van der Waals surface area contributed by atoms with Gasteiger partial charge in [0.05, 0.1) is 12.4 Å². The van der Waals surface area contributed by atoms with E-state index in [0.29, 0.717) is 19.5 Å².